The average molecular weight is 1620 g/mol. The summed E-state index contributed by atoms with van der Waals surface area (Å²) in [7, 11) is 0. The summed E-state index contributed by atoms with van der Waals surface area (Å²) >= 11 is 0. The van der Waals surface area contributed by atoms with Crippen LogP contribution in [-0.2, 0) is 0 Å². The quantitative estimate of drug-likeness (QED) is 0.141. The maximum absolute atomic E-state index is 2.50. The second-order valence-electron chi connectivity index (χ2n) is 35.2. The first kappa shape index (κ1) is 69.6. The van der Waals surface area contributed by atoms with Gasteiger partial charge < -0.3 is 18.9 Å². The predicted octanol–water partition coefficient (Wildman–Crippen LogP) is 35.0. The Kier molecular flexibility index (Phi) is 14.3. The molecule has 2 aromatic heterocycles. The van der Waals surface area contributed by atoms with Gasteiger partial charge in [-0.1, -0.05) is 279 Å². The molecule has 588 valence electrons. The van der Waals surface area contributed by atoms with Crippen LogP contribution < -0.4 is 9.80 Å². The van der Waals surface area contributed by atoms with Gasteiger partial charge in [-0.2, -0.15) is 0 Å². The van der Waals surface area contributed by atoms with Crippen molar-refractivity contribution in [2.75, 3.05) is 9.80 Å². The van der Waals surface area contributed by atoms with Crippen molar-refractivity contribution in [3.8, 4) is 11.4 Å². The summed E-state index contributed by atoms with van der Waals surface area (Å²) in [5.41, 5.74) is 14.2. The summed E-state index contributed by atoms with van der Waals surface area (Å²) in [6, 6.07) is 163. The van der Waals surface area contributed by atoms with Crippen LogP contribution in [0.4, 0.5) is 34.1 Å². The number of aromatic nitrogens is 2. The largest absolute Gasteiger partial charge is 0.310 e. The highest BCUT2D eigenvalue weighted by Crippen LogP contribution is 2.54. The molecule has 4 heteroatoms. The summed E-state index contributed by atoms with van der Waals surface area (Å²) in [5, 5.41) is 51.9. The molecule has 0 aliphatic carbocycles. The molecule has 128 heavy (non-hydrogen) atoms. The molecule has 0 radical (unpaired) electrons. The molecule has 30 aromatic rings. The van der Waals surface area contributed by atoms with Gasteiger partial charge in [-0.25, -0.2) is 0 Å². The van der Waals surface area contributed by atoms with Crippen LogP contribution in [0, 0.1) is 0 Å². The van der Waals surface area contributed by atoms with Crippen LogP contribution in [-0.4, -0.2) is 9.13 Å². The second-order valence-corrected chi connectivity index (χ2v) is 35.2. The lowest BCUT2D eigenvalue weighted by molar-refractivity contribution is 1.19. The van der Waals surface area contributed by atoms with E-state index in [1.165, 1.54) is 260 Å². The Balaban J connectivity index is 0.000000128. The Hall–Kier alpha value is -16.9. The van der Waals surface area contributed by atoms with Crippen molar-refractivity contribution in [3.63, 3.8) is 0 Å². The van der Waals surface area contributed by atoms with E-state index in [1.54, 1.807) is 0 Å². The molecule has 0 aliphatic rings. The van der Waals surface area contributed by atoms with Crippen LogP contribution in [0.5, 0.6) is 0 Å². The van der Waals surface area contributed by atoms with Gasteiger partial charge in [0.2, 0.25) is 0 Å². The van der Waals surface area contributed by atoms with Gasteiger partial charge in [0.05, 0.1) is 33.4 Å². The molecule has 0 bridgehead atoms. The average Bonchev–Trinajstić information content (AvgIpc) is 1.55. The van der Waals surface area contributed by atoms with Gasteiger partial charge in [-0.05, 0) is 341 Å². The van der Waals surface area contributed by atoms with Crippen molar-refractivity contribution < 1.29 is 0 Å². The number of nitrogens with zero attached hydrogens (tertiary/aromatic N) is 4. The van der Waals surface area contributed by atoms with Crippen molar-refractivity contribution in [2.45, 2.75) is 0 Å². The van der Waals surface area contributed by atoms with Crippen molar-refractivity contribution >= 4 is 272 Å². The summed E-state index contributed by atoms with van der Waals surface area (Å²) in [6.45, 7) is 0. The Bertz CT molecular complexity index is 9880. The standard InChI is InChI=1S/C66H40N2.C58H32N2/c1-3-19-45(20-4-1)67(63-29-11-17-41-15-7-9-23-49(41)63)47-32-31-43-36-57-56(37-44(43)35-47)52-25-13-28-55-59-39-61-51-34-33-48(38-58(51)53-26-14-27-54(65(53)61)60(59)40-62(57)66(52)55)68(46-21-5-2-6-22-46)64-30-12-18-42-16-8-10-24-50(42)64;1-5-19-53-38(11-1)39-12-2-6-20-54(39)59(53)35-24-23-33-28-47-46(29-34(33)27-35)42-15-9-18-45-49-31-51-37-26-25-36(60-55-21-7-3-13-40(55)41-14-4-8-22-56(41)60)30-48(37)43-16-10-17-44(57(43)51)50(49)32-52(47)58(42)45/h1-40H;1-32H. The molecule has 0 aliphatic heterocycles. The fourth-order valence-corrected chi connectivity index (χ4v) is 23.3. The maximum atomic E-state index is 2.50. The molecule has 0 fully saturated rings. The predicted molar refractivity (Wildman–Crippen MR) is 551 cm³/mol. The summed E-state index contributed by atoms with van der Waals surface area (Å²) in [6.07, 6.45) is 0. The van der Waals surface area contributed by atoms with E-state index in [0.717, 1.165) is 22.7 Å². The molecule has 28 aromatic carbocycles. The fraction of sp³-hybridized carbons (Fsp3) is 0. The fourth-order valence-electron chi connectivity index (χ4n) is 23.3. The first-order chi connectivity index (χ1) is 63.5. The molecular formula is C124H72N4. The molecule has 0 unspecified atom stereocenters. The monoisotopic (exact) mass is 1620 g/mol. The molecule has 0 N–H and O–H groups in total. The molecule has 30 rings (SSSR count). The summed E-state index contributed by atoms with van der Waals surface area (Å²) < 4.78 is 4.86. The zero-order chi connectivity index (χ0) is 83.2. The minimum atomic E-state index is 1.13. The Labute approximate surface area is 733 Å². The highest BCUT2D eigenvalue weighted by Gasteiger charge is 2.27. The minimum Gasteiger partial charge on any atom is -0.310 e. The molecule has 0 saturated heterocycles. The third-order valence-corrected chi connectivity index (χ3v) is 28.7. The van der Waals surface area contributed by atoms with E-state index in [4.69, 9.17) is 0 Å². The lowest BCUT2D eigenvalue weighted by Gasteiger charge is -2.27. The van der Waals surface area contributed by atoms with Crippen LogP contribution in [0.1, 0.15) is 0 Å². The van der Waals surface area contributed by atoms with Crippen LogP contribution in [0.15, 0.2) is 437 Å². The van der Waals surface area contributed by atoms with Gasteiger partial charge in [-0.15, -0.1) is 0 Å². The summed E-state index contributed by atoms with van der Waals surface area (Å²) in [5.74, 6) is 0. The third kappa shape index (κ3) is 9.77. The van der Waals surface area contributed by atoms with E-state index >= 15 is 0 Å². The van der Waals surface area contributed by atoms with Crippen molar-refractivity contribution in [3.05, 3.63) is 437 Å². The van der Waals surface area contributed by atoms with Gasteiger partial charge >= 0.3 is 0 Å². The maximum Gasteiger partial charge on any atom is 0.0541 e. The van der Waals surface area contributed by atoms with E-state index in [0.29, 0.717) is 0 Å². The number of para-hydroxylation sites is 6. The van der Waals surface area contributed by atoms with Crippen LogP contribution in [0.2, 0.25) is 0 Å². The van der Waals surface area contributed by atoms with Crippen molar-refractivity contribution in [2.24, 2.45) is 0 Å². The lowest BCUT2D eigenvalue weighted by Crippen LogP contribution is -2.10. The number of hydrogen-bond acceptors (Lipinski definition) is 2. The van der Waals surface area contributed by atoms with E-state index in [9.17, 15) is 0 Å². The second kappa shape index (κ2) is 26.3. The number of hydrogen-bond donors (Lipinski definition) is 0. The van der Waals surface area contributed by atoms with Crippen LogP contribution >= 0.6 is 0 Å². The number of rotatable bonds is 8. The zero-order valence-electron chi connectivity index (χ0n) is 69.4. The number of fused-ring (bicyclic) bond motifs is 28. The van der Waals surface area contributed by atoms with Crippen molar-refractivity contribution in [1.82, 2.24) is 9.13 Å². The first-order valence-electron chi connectivity index (χ1n) is 44.5. The van der Waals surface area contributed by atoms with E-state index < -0.39 is 0 Å². The molecule has 0 atom stereocenters. The number of anilines is 6. The van der Waals surface area contributed by atoms with Gasteiger partial charge in [0.25, 0.3) is 0 Å². The molecule has 0 amide bonds. The van der Waals surface area contributed by atoms with E-state index in [-0.39, 0.29) is 0 Å². The van der Waals surface area contributed by atoms with Gasteiger partial charge in [0, 0.05) is 66.4 Å². The molecule has 2 heterocycles. The van der Waals surface area contributed by atoms with Crippen LogP contribution in [0.3, 0.4) is 0 Å². The smallest absolute Gasteiger partial charge is 0.0541 e. The SMILES string of the molecule is c1cc2c3cc(-n4c5ccccc5c5ccccc54)ccc3c3cc4c(cc5c6cc7ccc(-n8c9ccccc9c9ccccc98)cc7cc6c6cccc4c65)c(c1)c23.c1ccc(N(c2ccc3cc4c(cc3c2)c2cccc3c5cc6c7ccc(N(c8ccccc8)c8cccc9ccccc89)cc7c7cccc(c5cc4c23)c76)c2cccc3ccccc23)cc1. The summed E-state index contributed by atoms with van der Waals surface area (Å²) in [4.78, 5) is 4.82. The zero-order valence-corrected chi connectivity index (χ0v) is 69.4. The van der Waals surface area contributed by atoms with Crippen molar-refractivity contribution in [1.29, 1.82) is 0 Å². The van der Waals surface area contributed by atoms with Crippen LogP contribution in [0.25, 0.3) is 249 Å². The van der Waals surface area contributed by atoms with E-state index in [1.807, 2.05) is 0 Å². The lowest BCUT2D eigenvalue weighted by atomic mass is 9.93. The minimum absolute atomic E-state index is 1.13. The third-order valence-electron chi connectivity index (χ3n) is 28.7. The van der Waals surface area contributed by atoms with Gasteiger partial charge in [-0.3, -0.25) is 0 Å². The molecule has 0 saturated carbocycles. The van der Waals surface area contributed by atoms with E-state index in [2.05, 4.69) is 456 Å². The Morgan fingerprint density at radius 2 is 0.398 bits per heavy atom. The Morgan fingerprint density at radius 3 is 0.828 bits per heavy atom. The number of benzene rings is 24. The van der Waals surface area contributed by atoms with Gasteiger partial charge in [0.15, 0.2) is 0 Å². The molecule has 0 spiro atoms. The molecular weight excluding hydrogens is 1550 g/mol. The topological polar surface area (TPSA) is 16.3 Å². The Morgan fingerprint density at radius 1 is 0.125 bits per heavy atom. The highest BCUT2D eigenvalue weighted by molar-refractivity contribution is 6.44. The molecule has 4 nitrogen and oxygen atoms in total. The highest BCUT2D eigenvalue weighted by atomic mass is 15.1. The van der Waals surface area contributed by atoms with Gasteiger partial charge in [0.1, 0.15) is 0 Å². The normalized spacial score (nSPS) is 12.4. The first-order valence-corrected chi connectivity index (χ1v) is 44.5.